The van der Waals surface area contributed by atoms with Crippen molar-refractivity contribution in [1.29, 1.82) is 0 Å². The zero-order chi connectivity index (χ0) is 17.0. The van der Waals surface area contributed by atoms with Gasteiger partial charge in [-0.05, 0) is 48.4 Å². The lowest BCUT2D eigenvalue weighted by molar-refractivity contribution is -0.00750. The molecule has 1 aromatic rings. The number of hydrogen-bond donors (Lipinski definition) is 1. The Morgan fingerprint density at radius 2 is 1.83 bits per heavy atom. The number of aliphatic hydroxyl groups is 1. The molecule has 0 spiro atoms. The van der Waals surface area contributed by atoms with Crippen LogP contribution in [-0.2, 0) is 10.3 Å². The topological polar surface area (TPSA) is 46.5 Å². The highest BCUT2D eigenvalue weighted by Gasteiger charge is 2.35. The summed E-state index contributed by atoms with van der Waals surface area (Å²) in [7, 11) is 0. The molecule has 0 saturated carbocycles. The van der Waals surface area contributed by atoms with Crippen LogP contribution in [0.3, 0.4) is 0 Å². The van der Waals surface area contributed by atoms with Crippen LogP contribution in [0.2, 0.25) is 0 Å². The van der Waals surface area contributed by atoms with Gasteiger partial charge in [0.2, 0.25) is 0 Å². The van der Waals surface area contributed by atoms with Crippen LogP contribution in [0.5, 0.6) is 0 Å². The summed E-state index contributed by atoms with van der Waals surface area (Å²) in [6.45, 7) is 10.6. The molecule has 3 heteroatoms. The van der Waals surface area contributed by atoms with E-state index >= 15 is 0 Å². The van der Waals surface area contributed by atoms with E-state index in [-0.39, 0.29) is 17.3 Å². The smallest absolute Gasteiger partial charge is 0.167 e. The normalized spacial score (nSPS) is 22.0. The molecule has 1 heterocycles. The van der Waals surface area contributed by atoms with Gasteiger partial charge in [0.05, 0.1) is 18.3 Å². The third kappa shape index (κ3) is 3.00. The molecule has 1 aliphatic heterocycles. The molecule has 124 valence electrons. The maximum Gasteiger partial charge on any atom is 0.167 e. The lowest BCUT2D eigenvalue weighted by atomic mass is 9.76. The molecular formula is C20H26O3. The predicted octanol–water partition coefficient (Wildman–Crippen LogP) is 4.09. The first-order chi connectivity index (χ1) is 10.6. The monoisotopic (exact) mass is 314 g/mol. The first kappa shape index (κ1) is 16.4. The van der Waals surface area contributed by atoms with Crippen molar-refractivity contribution in [2.45, 2.75) is 59.2 Å². The molecule has 1 unspecified atom stereocenters. The Morgan fingerprint density at radius 3 is 2.43 bits per heavy atom. The number of carbonyl (C=O) groups excluding carboxylic acids is 1. The molecule has 3 nitrogen and oxygen atoms in total. The summed E-state index contributed by atoms with van der Waals surface area (Å²) >= 11 is 0. The van der Waals surface area contributed by atoms with Crippen LogP contribution in [-0.4, -0.2) is 23.6 Å². The van der Waals surface area contributed by atoms with Crippen molar-refractivity contribution < 1.29 is 14.6 Å². The van der Waals surface area contributed by atoms with Gasteiger partial charge in [0.1, 0.15) is 0 Å². The molecular weight excluding hydrogens is 288 g/mol. The molecule has 23 heavy (non-hydrogen) atoms. The Balaban J connectivity index is 2.06. The number of fused-ring (bicyclic) bond motifs is 2. The van der Waals surface area contributed by atoms with Crippen molar-refractivity contribution in [3.8, 4) is 0 Å². The Labute approximate surface area is 138 Å². The van der Waals surface area contributed by atoms with E-state index in [1.54, 1.807) is 13.8 Å². The molecule has 0 amide bonds. The first-order valence-corrected chi connectivity index (χ1v) is 8.30. The molecule has 1 atom stereocenters. The lowest BCUT2D eigenvalue weighted by Crippen LogP contribution is -2.35. The average Bonchev–Trinajstić information content (AvgIpc) is 2.44. The van der Waals surface area contributed by atoms with Gasteiger partial charge in [0, 0.05) is 12.0 Å². The van der Waals surface area contributed by atoms with E-state index < -0.39 is 5.60 Å². The van der Waals surface area contributed by atoms with Gasteiger partial charge in [-0.3, -0.25) is 4.79 Å². The Morgan fingerprint density at radius 1 is 1.13 bits per heavy atom. The van der Waals surface area contributed by atoms with Gasteiger partial charge < -0.3 is 9.84 Å². The van der Waals surface area contributed by atoms with Crippen LogP contribution < -0.4 is 0 Å². The molecule has 0 fully saturated rings. The number of Topliss-reactive ketones (excluding diaryl/α,β-unsaturated/α-hetero) is 1. The van der Waals surface area contributed by atoms with Crippen LogP contribution in [0.4, 0.5) is 0 Å². The zero-order valence-corrected chi connectivity index (χ0v) is 14.7. The van der Waals surface area contributed by atoms with Crippen molar-refractivity contribution in [3.63, 3.8) is 0 Å². The van der Waals surface area contributed by atoms with Gasteiger partial charge in [-0.1, -0.05) is 38.5 Å². The number of benzene rings is 1. The van der Waals surface area contributed by atoms with Gasteiger partial charge >= 0.3 is 0 Å². The second-order valence-corrected chi connectivity index (χ2v) is 8.37. The van der Waals surface area contributed by atoms with Crippen LogP contribution in [0.25, 0.3) is 5.57 Å². The van der Waals surface area contributed by atoms with E-state index in [4.69, 9.17) is 4.74 Å². The standard InChI is InChI=1S/C20H26O3/c1-19(2,3)18-9-12-8-17(21)14-7-6-13(20(4,5)22)10-15(14)16(12)11-23-18/h6-7,10,18,22H,8-9,11H2,1-5H3. The average molecular weight is 314 g/mol. The molecule has 2 aliphatic rings. The second kappa shape index (κ2) is 5.29. The molecule has 1 aromatic carbocycles. The van der Waals surface area contributed by atoms with E-state index in [2.05, 4.69) is 20.8 Å². The van der Waals surface area contributed by atoms with Gasteiger partial charge in [0.15, 0.2) is 5.78 Å². The van der Waals surface area contributed by atoms with Gasteiger partial charge in [-0.15, -0.1) is 0 Å². The van der Waals surface area contributed by atoms with Crippen LogP contribution in [0, 0.1) is 5.41 Å². The summed E-state index contributed by atoms with van der Waals surface area (Å²) in [5.74, 6) is 0.176. The largest absolute Gasteiger partial charge is 0.386 e. The van der Waals surface area contributed by atoms with Crippen molar-refractivity contribution in [3.05, 3.63) is 40.5 Å². The predicted molar refractivity (Wildman–Crippen MR) is 91.4 cm³/mol. The van der Waals surface area contributed by atoms with Gasteiger partial charge in [-0.25, -0.2) is 0 Å². The quantitative estimate of drug-likeness (QED) is 0.849. The van der Waals surface area contributed by atoms with Crippen LogP contribution in [0.1, 0.15) is 68.9 Å². The fourth-order valence-corrected chi connectivity index (χ4v) is 3.40. The van der Waals surface area contributed by atoms with Crippen molar-refractivity contribution in [1.82, 2.24) is 0 Å². The van der Waals surface area contributed by atoms with E-state index in [9.17, 15) is 9.90 Å². The second-order valence-electron chi connectivity index (χ2n) is 8.37. The maximum atomic E-state index is 12.5. The number of hydrogen-bond acceptors (Lipinski definition) is 3. The van der Waals surface area contributed by atoms with Crippen LogP contribution >= 0.6 is 0 Å². The minimum atomic E-state index is -0.917. The first-order valence-electron chi connectivity index (χ1n) is 8.30. The van der Waals surface area contributed by atoms with Crippen LogP contribution in [0.15, 0.2) is 23.8 Å². The summed E-state index contributed by atoms with van der Waals surface area (Å²) in [6, 6.07) is 5.66. The Hall–Kier alpha value is -1.45. The fourth-order valence-electron chi connectivity index (χ4n) is 3.40. The molecule has 1 aliphatic carbocycles. The molecule has 0 aromatic heterocycles. The Kier molecular flexibility index (Phi) is 3.77. The minimum absolute atomic E-state index is 0.0663. The maximum absolute atomic E-state index is 12.5. The van der Waals surface area contributed by atoms with Crippen molar-refractivity contribution >= 4 is 11.4 Å². The number of ketones is 1. The molecule has 0 bridgehead atoms. The lowest BCUT2D eigenvalue weighted by Gasteiger charge is -2.38. The van der Waals surface area contributed by atoms with E-state index in [1.807, 2.05) is 18.2 Å². The van der Waals surface area contributed by atoms with Crippen molar-refractivity contribution in [2.75, 3.05) is 6.61 Å². The third-order valence-corrected chi connectivity index (χ3v) is 4.98. The summed E-state index contributed by atoms with van der Waals surface area (Å²) < 4.78 is 6.10. The van der Waals surface area contributed by atoms with Gasteiger partial charge in [0.25, 0.3) is 0 Å². The van der Waals surface area contributed by atoms with E-state index in [0.29, 0.717) is 13.0 Å². The third-order valence-electron chi connectivity index (χ3n) is 4.98. The minimum Gasteiger partial charge on any atom is -0.386 e. The summed E-state index contributed by atoms with van der Waals surface area (Å²) in [5, 5.41) is 10.3. The molecule has 0 radical (unpaired) electrons. The fraction of sp³-hybridized carbons (Fsp3) is 0.550. The highest BCUT2D eigenvalue weighted by Crippen LogP contribution is 2.42. The van der Waals surface area contributed by atoms with E-state index in [1.165, 1.54) is 5.57 Å². The highest BCUT2D eigenvalue weighted by molar-refractivity contribution is 6.06. The Bertz CT molecular complexity index is 684. The summed E-state index contributed by atoms with van der Waals surface area (Å²) in [6.07, 6.45) is 1.46. The highest BCUT2D eigenvalue weighted by atomic mass is 16.5. The SMILES string of the molecule is CC(C)(O)c1ccc2c(c1)C1=C(CC2=O)CC(C(C)(C)C)OC1. The number of ether oxygens (including phenoxy) is 1. The van der Waals surface area contributed by atoms with Gasteiger partial charge in [-0.2, -0.15) is 0 Å². The molecule has 3 rings (SSSR count). The summed E-state index contributed by atoms with van der Waals surface area (Å²) in [5.41, 5.74) is 4.04. The number of carbonyl (C=O) groups is 1. The van der Waals surface area contributed by atoms with E-state index in [0.717, 1.165) is 28.7 Å². The summed E-state index contributed by atoms with van der Waals surface area (Å²) in [4.78, 5) is 12.5. The number of rotatable bonds is 1. The molecule has 0 saturated heterocycles. The molecule has 1 N–H and O–H groups in total. The zero-order valence-electron chi connectivity index (χ0n) is 14.7. The van der Waals surface area contributed by atoms with Crippen molar-refractivity contribution in [2.24, 2.45) is 5.41 Å².